The van der Waals surface area contributed by atoms with E-state index in [1.54, 1.807) is 34.6 Å². The molecule has 3 aromatic carbocycles. The summed E-state index contributed by atoms with van der Waals surface area (Å²) in [5.74, 6) is 0.219. The SMILES string of the molecule is Cc1n[nH]c(=O)n1-c1ccc(N2CCN(c3ccc(OC[C@@H]4COC(Cn5cncn5)(c5ccc(Cl)cc5Cl)O4)cc3)CC2)cc1. The first-order valence-electron chi connectivity index (χ1n) is 14.9. The maximum absolute atomic E-state index is 12.1. The highest BCUT2D eigenvalue weighted by Crippen LogP contribution is 2.40. The zero-order valence-electron chi connectivity index (χ0n) is 25.1. The van der Waals surface area contributed by atoms with Crippen LogP contribution in [0.25, 0.3) is 5.69 Å². The van der Waals surface area contributed by atoms with Gasteiger partial charge in [0.2, 0.25) is 5.79 Å². The first kappa shape index (κ1) is 30.3. The molecule has 0 saturated carbocycles. The Morgan fingerprint density at radius 2 is 1.63 bits per heavy atom. The normalized spacial score (nSPS) is 19.9. The molecule has 12 nitrogen and oxygen atoms in total. The summed E-state index contributed by atoms with van der Waals surface area (Å²) in [7, 11) is 0. The monoisotopic (exact) mass is 662 g/mol. The Bertz CT molecular complexity index is 1840. The maximum atomic E-state index is 12.1. The third kappa shape index (κ3) is 6.21. The first-order chi connectivity index (χ1) is 22.4. The van der Waals surface area contributed by atoms with E-state index in [0.717, 1.165) is 49.0 Å². The predicted octanol–water partition coefficient (Wildman–Crippen LogP) is 4.44. The van der Waals surface area contributed by atoms with E-state index < -0.39 is 5.79 Å². The van der Waals surface area contributed by atoms with Crippen molar-refractivity contribution in [3.8, 4) is 11.4 Å². The second-order valence-electron chi connectivity index (χ2n) is 11.2. The molecule has 7 rings (SSSR count). The largest absolute Gasteiger partial charge is 0.491 e. The molecule has 5 aromatic rings. The maximum Gasteiger partial charge on any atom is 0.347 e. The molecular weight excluding hydrogens is 631 g/mol. The molecule has 2 aliphatic heterocycles. The van der Waals surface area contributed by atoms with Crippen LogP contribution in [-0.4, -0.2) is 75.0 Å². The van der Waals surface area contributed by atoms with E-state index in [1.165, 1.54) is 6.33 Å². The van der Waals surface area contributed by atoms with E-state index >= 15 is 0 Å². The summed E-state index contributed by atoms with van der Waals surface area (Å²) in [5, 5.41) is 11.7. The van der Waals surface area contributed by atoms with Crippen LogP contribution < -0.4 is 20.2 Å². The lowest BCUT2D eigenvalue weighted by atomic mass is 10.1. The minimum atomic E-state index is -1.16. The van der Waals surface area contributed by atoms with Gasteiger partial charge in [0.1, 0.15) is 43.5 Å². The Morgan fingerprint density at radius 1 is 0.957 bits per heavy atom. The van der Waals surface area contributed by atoms with Crippen molar-refractivity contribution in [1.29, 1.82) is 0 Å². The number of aromatic amines is 1. The fraction of sp³-hybridized carbons (Fsp3) is 0.312. The number of aryl methyl sites for hydroxylation is 1. The van der Waals surface area contributed by atoms with Crippen molar-refractivity contribution in [2.75, 3.05) is 49.2 Å². The van der Waals surface area contributed by atoms with Crippen molar-refractivity contribution in [1.82, 2.24) is 29.5 Å². The van der Waals surface area contributed by atoms with E-state index in [0.29, 0.717) is 34.6 Å². The molecule has 2 saturated heterocycles. The van der Waals surface area contributed by atoms with Crippen molar-refractivity contribution >= 4 is 34.6 Å². The predicted molar refractivity (Wildman–Crippen MR) is 174 cm³/mol. The highest BCUT2D eigenvalue weighted by molar-refractivity contribution is 6.35. The van der Waals surface area contributed by atoms with Crippen LogP contribution in [0, 0.1) is 6.92 Å². The van der Waals surface area contributed by atoms with Crippen molar-refractivity contribution in [3.05, 3.63) is 111 Å². The number of ether oxygens (including phenoxy) is 3. The van der Waals surface area contributed by atoms with Gasteiger partial charge in [-0.15, -0.1) is 0 Å². The molecule has 0 radical (unpaired) electrons. The summed E-state index contributed by atoms with van der Waals surface area (Å²) in [5.41, 5.74) is 3.49. The van der Waals surface area contributed by atoms with Crippen molar-refractivity contribution in [2.24, 2.45) is 0 Å². The second-order valence-corrected chi connectivity index (χ2v) is 12.1. The number of nitrogens with zero attached hydrogens (tertiary/aromatic N) is 7. The lowest BCUT2D eigenvalue weighted by Crippen LogP contribution is -2.46. The third-order valence-electron chi connectivity index (χ3n) is 8.27. The summed E-state index contributed by atoms with van der Waals surface area (Å²) in [6.07, 6.45) is 2.74. The van der Waals surface area contributed by atoms with Crippen molar-refractivity contribution < 1.29 is 14.2 Å². The third-order valence-corrected chi connectivity index (χ3v) is 8.82. The van der Waals surface area contributed by atoms with Crippen molar-refractivity contribution in [3.63, 3.8) is 0 Å². The van der Waals surface area contributed by atoms with Gasteiger partial charge < -0.3 is 24.0 Å². The molecule has 0 amide bonds. The van der Waals surface area contributed by atoms with E-state index in [2.05, 4.69) is 54.3 Å². The van der Waals surface area contributed by atoms with Crippen LogP contribution in [0.15, 0.2) is 84.2 Å². The van der Waals surface area contributed by atoms with E-state index in [4.69, 9.17) is 37.4 Å². The number of nitrogens with one attached hydrogen (secondary N) is 1. The average molecular weight is 664 g/mol. The topological polar surface area (TPSA) is 116 Å². The summed E-state index contributed by atoms with van der Waals surface area (Å²) in [6, 6.07) is 21.4. The van der Waals surface area contributed by atoms with E-state index in [9.17, 15) is 4.79 Å². The number of halogens is 2. The van der Waals surface area contributed by atoms with Crippen LogP contribution in [0.5, 0.6) is 5.75 Å². The van der Waals surface area contributed by atoms with Crippen LogP contribution in [-0.2, 0) is 21.8 Å². The van der Waals surface area contributed by atoms with Gasteiger partial charge in [0, 0.05) is 48.1 Å². The number of hydrogen-bond donors (Lipinski definition) is 1. The van der Waals surface area contributed by atoms with E-state index in [1.807, 2.05) is 30.3 Å². The number of H-pyrrole nitrogens is 1. The summed E-state index contributed by atoms with van der Waals surface area (Å²) in [6.45, 7) is 6.23. The second kappa shape index (κ2) is 12.8. The van der Waals surface area contributed by atoms with Gasteiger partial charge in [-0.05, 0) is 67.6 Å². The summed E-state index contributed by atoms with van der Waals surface area (Å²) in [4.78, 5) is 20.8. The van der Waals surface area contributed by atoms with Crippen molar-refractivity contribution in [2.45, 2.75) is 25.4 Å². The van der Waals surface area contributed by atoms with Crippen LogP contribution in [0.1, 0.15) is 11.4 Å². The zero-order valence-corrected chi connectivity index (χ0v) is 26.6. The molecule has 2 atom stereocenters. The highest BCUT2D eigenvalue weighted by Gasteiger charge is 2.45. The first-order valence-corrected chi connectivity index (χ1v) is 15.7. The van der Waals surface area contributed by atoms with Gasteiger partial charge in [-0.25, -0.2) is 24.1 Å². The number of piperazine rings is 1. The molecule has 2 fully saturated rings. The Morgan fingerprint density at radius 3 is 2.24 bits per heavy atom. The highest BCUT2D eigenvalue weighted by atomic mass is 35.5. The van der Waals surface area contributed by atoms with Crippen LogP contribution in [0.3, 0.4) is 0 Å². The van der Waals surface area contributed by atoms with Crippen LogP contribution in [0.2, 0.25) is 10.0 Å². The molecule has 46 heavy (non-hydrogen) atoms. The molecule has 1 unspecified atom stereocenters. The smallest absolute Gasteiger partial charge is 0.347 e. The molecule has 1 N–H and O–H groups in total. The number of hydrogen-bond acceptors (Lipinski definition) is 9. The zero-order chi connectivity index (χ0) is 31.7. The Kier molecular flexibility index (Phi) is 8.43. The molecule has 0 bridgehead atoms. The minimum absolute atomic E-state index is 0.239. The molecule has 14 heteroatoms. The Hall–Kier alpha value is -4.36. The van der Waals surface area contributed by atoms with Gasteiger partial charge >= 0.3 is 5.69 Å². The quantitative estimate of drug-likeness (QED) is 0.245. The van der Waals surface area contributed by atoms with Gasteiger partial charge in [0.15, 0.2) is 0 Å². The Labute approximate surface area is 275 Å². The van der Waals surface area contributed by atoms with Gasteiger partial charge in [-0.2, -0.15) is 10.2 Å². The fourth-order valence-electron chi connectivity index (χ4n) is 5.94. The fourth-order valence-corrected chi connectivity index (χ4v) is 6.49. The lowest BCUT2D eigenvalue weighted by molar-refractivity contribution is -0.190. The lowest BCUT2D eigenvalue weighted by Gasteiger charge is -2.37. The molecular formula is C32H32Cl2N8O4. The number of rotatable bonds is 9. The van der Waals surface area contributed by atoms with Gasteiger partial charge in [0.05, 0.1) is 17.3 Å². The average Bonchev–Trinajstić information content (AvgIpc) is 3.82. The van der Waals surface area contributed by atoms with E-state index in [-0.39, 0.29) is 18.3 Å². The molecule has 0 aliphatic carbocycles. The standard InChI is InChI=1S/C32H32Cl2N8O4/c1-22-37-38-31(43)42(22)26-5-3-24(4-6-26)39-12-14-40(15-13-39)25-7-9-27(10-8-25)44-17-28-18-45-32(46-28,19-41-21-35-20-36-41)29-11-2-23(33)16-30(29)34/h2-11,16,20-21,28H,12-15,17-19H2,1H3,(H,38,43)/t28-,32?/m1/s1. The van der Waals surface area contributed by atoms with Crippen LogP contribution >= 0.6 is 23.2 Å². The molecule has 4 heterocycles. The summed E-state index contributed by atoms with van der Waals surface area (Å²) >= 11 is 12.7. The van der Waals surface area contributed by atoms with Gasteiger partial charge in [-0.1, -0.05) is 29.3 Å². The number of anilines is 2. The molecule has 2 aliphatic rings. The van der Waals surface area contributed by atoms with Gasteiger partial charge in [-0.3, -0.25) is 0 Å². The minimum Gasteiger partial charge on any atom is -0.491 e. The molecule has 2 aromatic heterocycles. The van der Waals surface area contributed by atoms with Crippen LogP contribution in [0.4, 0.5) is 11.4 Å². The molecule has 238 valence electrons. The van der Waals surface area contributed by atoms with Gasteiger partial charge in [0.25, 0.3) is 0 Å². The molecule has 0 spiro atoms. The number of aromatic nitrogens is 6. The number of benzene rings is 3. The summed E-state index contributed by atoms with van der Waals surface area (Å²) < 4.78 is 22.0. The Balaban J connectivity index is 0.937.